The van der Waals surface area contributed by atoms with Crippen LogP contribution in [0.5, 0.6) is 0 Å². The lowest BCUT2D eigenvalue weighted by molar-refractivity contribution is -0.136. The molecule has 1 aliphatic rings. The lowest BCUT2D eigenvalue weighted by Crippen LogP contribution is -2.32. The number of likely N-dealkylation sites (tertiary alicyclic amines) is 1. The topological polar surface area (TPSA) is 94.6 Å². The minimum atomic E-state index is -4.68. The number of nitrogens with zero attached hydrogens (tertiary/aromatic N) is 1. The lowest BCUT2D eigenvalue weighted by Gasteiger charge is -2.11. The van der Waals surface area contributed by atoms with E-state index in [1.807, 2.05) is 0 Å². The van der Waals surface area contributed by atoms with Gasteiger partial charge in [-0.25, -0.2) is 8.42 Å². The fourth-order valence-electron chi connectivity index (χ4n) is 0.947. The first-order valence-electron chi connectivity index (χ1n) is 3.09. The van der Waals surface area contributed by atoms with Crippen molar-refractivity contribution in [3.63, 3.8) is 0 Å². The normalized spacial score (nSPS) is 25.2. The molecule has 1 atom stereocenters. The Morgan fingerprint density at radius 1 is 1.50 bits per heavy atom. The highest BCUT2D eigenvalue weighted by Crippen LogP contribution is 2.16. The molecule has 0 aromatic heterocycles. The monoisotopic (exact) mass is 192 g/mol. The SMILES string of the molecule is CN1C(=O)CC(S(=O)(=O)[O-])C1=O. The van der Waals surface area contributed by atoms with Crippen molar-refractivity contribution in [2.75, 3.05) is 7.05 Å². The van der Waals surface area contributed by atoms with Gasteiger partial charge in [0.2, 0.25) is 11.8 Å². The van der Waals surface area contributed by atoms with Gasteiger partial charge in [-0.3, -0.25) is 14.5 Å². The minimum Gasteiger partial charge on any atom is -0.747 e. The summed E-state index contributed by atoms with van der Waals surface area (Å²) in [4.78, 5) is 22.3. The molecule has 68 valence electrons. The summed E-state index contributed by atoms with van der Waals surface area (Å²) in [5, 5.41) is -1.71. The van der Waals surface area contributed by atoms with Crippen LogP contribution in [0.4, 0.5) is 0 Å². The van der Waals surface area contributed by atoms with Gasteiger partial charge in [-0.2, -0.15) is 0 Å². The largest absolute Gasteiger partial charge is 0.747 e. The van der Waals surface area contributed by atoms with E-state index in [9.17, 15) is 22.6 Å². The van der Waals surface area contributed by atoms with Crippen LogP contribution in [0.2, 0.25) is 0 Å². The zero-order chi connectivity index (χ0) is 9.52. The third-order valence-electron chi connectivity index (χ3n) is 1.69. The van der Waals surface area contributed by atoms with Crippen LogP contribution in [0.3, 0.4) is 0 Å². The molecule has 1 heterocycles. The molecule has 0 aliphatic carbocycles. The second-order valence-corrected chi connectivity index (χ2v) is 4.03. The van der Waals surface area contributed by atoms with Crippen LogP contribution in [-0.4, -0.2) is 42.0 Å². The first-order chi connectivity index (χ1) is 5.34. The van der Waals surface area contributed by atoms with E-state index in [1.54, 1.807) is 0 Å². The summed E-state index contributed by atoms with van der Waals surface area (Å²) in [7, 11) is -3.53. The molecule has 0 N–H and O–H groups in total. The number of hydrogen-bond acceptors (Lipinski definition) is 5. The van der Waals surface area contributed by atoms with Crippen molar-refractivity contribution >= 4 is 21.9 Å². The van der Waals surface area contributed by atoms with Crippen LogP contribution in [0.15, 0.2) is 0 Å². The van der Waals surface area contributed by atoms with E-state index in [2.05, 4.69) is 0 Å². The first-order valence-corrected chi connectivity index (χ1v) is 4.56. The second-order valence-electron chi connectivity index (χ2n) is 2.48. The molecule has 1 unspecified atom stereocenters. The number of carbonyl (C=O) groups excluding carboxylic acids is 2. The number of carbonyl (C=O) groups is 2. The molecule has 0 aromatic rings. The molecule has 0 aromatic carbocycles. The van der Waals surface area contributed by atoms with Crippen LogP contribution >= 0.6 is 0 Å². The highest BCUT2D eigenvalue weighted by molar-refractivity contribution is 7.87. The molecule has 7 heteroatoms. The maximum Gasteiger partial charge on any atom is 0.246 e. The Bertz CT molecular complexity index is 332. The third-order valence-corrected chi connectivity index (χ3v) is 2.75. The Morgan fingerprint density at radius 2 is 2.00 bits per heavy atom. The van der Waals surface area contributed by atoms with Crippen molar-refractivity contribution in [2.45, 2.75) is 11.7 Å². The predicted molar refractivity (Wildman–Crippen MR) is 35.9 cm³/mol. The summed E-state index contributed by atoms with van der Waals surface area (Å²) in [6.07, 6.45) is -0.527. The van der Waals surface area contributed by atoms with E-state index in [4.69, 9.17) is 0 Å². The van der Waals surface area contributed by atoms with E-state index in [0.717, 1.165) is 7.05 Å². The Balaban J connectivity index is 3.01. The highest BCUT2D eigenvalue weighted by Gasteiger charge is 2.40. The van der Waals surface area contributed by atoms with Crippen LogP contribution in [0, 0.1) is 0 Å². The maximum atomic E-state index is 10.9. The molecule has 2 amide bonds. The van der Waals surface area contributed by atoms with Gasteiger partial charge >= 0.3 is 0 Å². The fourth-order valence-corrected chi connectivity index (χ4v) is 1.70. The molecule has 1 rings (SSSR count). The molecular weight excluding hydrogens is 186 g/mol. The molecule has 1 saturated heterocycles. The molecule has 1 aliphatic heterocycles. The van der Waals surface area contributed by atoms with Crippen LogP contribution in [0.25, 0.3) is 0 Å². The lowest BCUT2D eigenvalue weighted by atomic mass is 10.4. The second kappa shape index (κ2) is 2.53. The van der Waals surface area contributed by atoms with E-state index in [1.165, 1.54) is 0 Å². The van der Waals surface area contributed by atoms with Gasteiger partial charge in [0, 0.05) is 7.05 Å². The molecule has 0 radical (unpaired) electrons. The van der Waals surface area contributed by atoms with Crippen LogP contribution < -0.4 is 0 Å². The summed E-state index contributed by atoms with van der Waals surface area (Å²) in [6, 6.07) is 0. The predicted octanol–water partition coefficient (Wildman–Crippen LogP) is -1.71. The van der Waals surface area contributed by atoms with Gasteiger partial charge in [-0.1, -0.05) is 0 Å². The standard InChI is InChI=1S/C5H7NO5S/c1-6-4(7)2-3(5(6)8)12(9,10)11/h3H,2H2,1H3,(H,9,10,11)/p-1. The van der Waals surface area contributed by atoms with Gasteiger partial charge in [0.1, 0.15) is 15.4 Å². The van der Waals surface area contributed by atoms with Crippen molar-refractivity contribution in [2.24, 2.45) is 0 Å². The van der Waals surface area contributed by atoms with Gasteiger partial charge < -0.3 is 4.55 Å². The molecule has 6 nitrogen and oxygen atoms in total. The summed E-state index contributed by atoms with van der Waals surface area (Å²) >= 11 is 0. The van der Waals surface area contributed by atoms with Gasteiger partial charge in [0.05, 0.1) is 6.42 Å². The molecule has 0 bridgehead atoms. The van der Waals surface area contributed by atoms with Crippen molar-refractivity contribution in [1.29, 1.82) is 0 Å². The van der Waals surface area contributed by atoms with E-state index in [-0.39, 0.29) is 0 Å². The summed E-state index contributed by atoms with van der Waals surface area (Å²) in [5.74, 6) is -1.57. The Hall–Kier alpha value is -0.950. The highest BCUT2D eigenvalue weighted by atomic mass is 32.2. The smallest absolute Gasteiger partial charge is 0.246 e. The maximum absolute atomic E-state index is 10.9. The Kier molecular flexibility index (Phi) is 1.92. The summed E-state index contributed by atoms with van der Waals surface area (Å²) in [6.45, 7) is 0. The van der Waals surface area contributed by atoms with E-state index in [0.29, 0.717) is 4.90 Å². The zero-order valence-corrected chi connectivity index (χ0v) is 7.00. The average molecular weight is 192 g/mol. The van der Waals surface area contributed by atoms with Gasteiger partial charge in [0.25, 0.3) is 0 Å². The van der Waals surface area contributed by atoms with Gasteiger partial charge in [-0.15, -0.1) is 0 Å². The first kappa shape index (κ1) is 9.14. The zero-order valence-electron chi connectivity index (χ0n) is 6.18. The third kappa shape index (κ3) is 1.32. The molecule has 0 spiro atoms. The van der Waals surface area contributed by atoms with Crippen molar-refractivity contribution < 1.29 is 22.6 Å². The van der Waals surface area contributed by atoms with Gasteiger partial charge in [-0.05, 0) is 0 Å². The fraction of sp³-hybridized carbons (Fsp3) is 0.600. The minimum absolute atomic E-state index is 0.527. The number of rotatable bonds is 1. The van der Waals surface area contributed by atoms with E-state index < -0.39 is 33.6 Å². The molecule has 12 heavy (non-hydrogen) atoms. The van der Waals surface area contributed by atoms with Crippen LogP contribution in [-0.2, 0) is 19.7 Å². The van der Waals surface area contributed by atoms with Crippen molar-refractivity contribution in [1.82, 2.24) is 4.90 Å². The summed E-state index contributed by atoms with van der Waals surface area (Å²) in [5.41, 5.74) is 0. The number of hydrogen-bond donors (Lipinski definition) is 0. The Morgan fingerprint density at radius 3 is 2.17 bits per heavy atom. The average Bonchev–Trinajstić information content (AvgIpc) is 2.15. The van der Waals surface area contributed by atoms with Crippen molar-refractivity contribution in [3.05, 3.63) is 0 Å². The molecule has 0 saturated carbocycles. The van der Waals surface area contributed by atoms with E-state index >= 15 is 0 Å². The number of imide groups is 1. The number of amides is 2. The molecular formula is C5H6NO5S-. The quantitative estimate of drug-likeness (QED) is 0.364. The van der Waals surface area contributed by atoms with Gasteiger partial charge in [0.15, 0.2) is 0 Å². The van der Waals surface area contributed by atoms with Crippen LogP contribution in [0.1, 0.15) is 6.42 Å². The van der Waals surface area contributed by atoms with Crippen molar-refractivity contribution in [3.8, 4) is 0 Å². The summed E-state index contributed by atoms with van der Waals surface area (Å²) < 4.78 is 31.1. The molecule has 1 fully saturated rings. The Labute approximate surface area is 68.9 Å².